The van der Waals surface area contributed by atoms with Crippen molar-refractivity contribution in [3.05, 3.63) is 59.1 Å². The van der Waals surface area contributed by atoms with Gasteiger partial charge in [0, 0.05) is 23.7 Å². The van der Waals surface area contributed by atoms with Gasteiger partial charge in [0.1, 0.15) is 12.4 Å². The molecule has 1 N–H and O–H groups in total. The number of esters is 1. The van der Waals surface area contributed by atoms with Crippen molar-refractivity contribution in [1.82, 2.24) is 9.62 Å². The van der Waals surface area contributed by atoms with Crippen molar-refractivity contribution in [2.75, 3.05) is 32.8 Å². The zero-order valence-corrected chi connectivity index (χ0v) is 18.3. The Kier molecular flexibility index (Phi) is 7.89. The number of nitrogens with one attached hydrogen (secondary N) is 1. The summed E-state index contributed by atoms with van der Waals surface area (Å²) in [6.07, 6.45) is 1.67. The van der Waals surface area contributed by atoms with Gasteiger partial charge in [0.2, 0.25) is 10.0 Å². The molecule has 0 atom stereocenters. The van der Waals surface area contributed by atoms with Crippen LogP contribution in [-0.4, -0.2) is 57.4 Å². The molecule has 166 valence electrons. The van der Waals surface area contributed by atoms with Gasteiger partial charge in [-0.15, -0.1) is 0 Å². The lowest BCUT2D eigenvalue weighted by Crippen LogP contribution is -2.30. The highest BCUT2D eigenvalue weighted by atomic mass is 35.5. The molecule has 0 bridgehead atoms. The van der Waals surface area contributed by atoms with Crippen molar-refractivity contribution >= 4 is 33.5 Å². The van der Waals surface area contributed by atoms with Gasteiger partial charge in [0.05, 0.1) is 11.4 Å². The first-order chi connectivity index (χ1) is 14.9. The molecule has 3 rings (SSSR count). The number of hydrogen-bond acceptors (Lipinski definition) is 6. The van der Waals surface area contributed by atoms with Gasteiger partial charge < -0.3 is 14.8 Å². The Morgan fingerprint density at radius 2 is 1.77 bits per heavy atom. The van der Waals surface area contributed by atoms with E-state index in [1.54, 1.807) is 24.3 Å². The van der Waals surface area contributed by atoms with Crippen LogP contribution in [0.1, 0.15) is 23.2 Å². The van der Waals surface area contributed by atoms with Gasteiger partial charge >= 0.3 is 5.97 Å². The number of carbonyl (C=O) groups excluding carboxylic acids is 2. The Bertz CT molecular complexity index is 1020. The van der Waals surface area contributed by atoms with Crippen molar-refractivity contribution in [3.8, 4) is 5.75 Å². The van der Waals surface area contributed by atoms with Crippen LogP contribution in [0.3, 0.4) is 0 Å². The van der Waals surface area contributed by atoms with E-state index < -0.39 is 21.9 Å². The highest BCUT2D eigenvalue weighted by Gasteiger charge is 2.27. The molecule has 1 aliphatic heterocycles. The van der Waals surface area contributed by atoms with Gasteiger partial charge in [-0.05, 0) is 55.3 Å². The van der Waals surface area contributed by atoms with Gasteiger partial charge in [0.25, 0.3) is 5.91 Å². The molecule has 8 nitrogen and oxygen atoms in total. The average Bonchev–Trinajstić information content (AvgIpc) is 3.32. The molecule has 10 heteroatoms. The van der Waals surface area contributed by atoms with Crippen LogP contribution in [0.25, 0.3) is 0 Å². The summed E-state index contributed by atoms with van der Waals surface area (Å²) >= 11 is 5.78. The quantitative estimate of drug-likeness (QED) is 0.450. The number of hydrogen-bond donors (Lipinski definition) is 1. The molecular formula is C21H23ClN2O6S. The summed E-state index contributed by atoms with van der Waals surface area (Å²) in [6.45, 7) is 0.749. The lowest BCUT2D eigenvalue weighted by Gasteiger charge is -2.16. The summed E-state index contributed by atoms with van der Waals surface area (Å²) in [5.41, 5.74) is 0.220. The second-order valence-corrected chi connectivity index (χ2v) is 9.23. The summed E-state index contributed by atoms with van der Waals surface area (Å²) in [5.74, 6) is -0.548. The maximum Gasteiger partial charge on any atom is 0.344 e. The fraction of sp³-hybridized carbons (Fsp3) is 0.333. The predicted molar refractivity (Wildman–Crippen MR) is 115 cm³/mol. The first-order valence-corrected chi connectivity index (χ1v) is 11.6. The number of nitrogens with zero attached hydrogens (tertiary/aromatic N) is 1. The Morgan fingerprint density at radius 3 is 2.48 bits per heavy atom. The normalized spacial score (nSPS) is 14.2. The number of halogens is 1. The summed E-state index contributed by atoms with van der Waals surface area (Å²) in [4.78, 5) is 24.1. The maximum atomic E-state index is 12.6. The number of sulfonamides is 1. The maximum absolute atomic E-state index is 12.6. The van der Waals surface area contributed by atoms with Crippen LogP contribution in [0.2, 0.25) is 5.02 Å². The smallest absolute Gasteiger partial charge is 0.344 e. The van der Waals surface area contributed by atoms with Crippen LogP contribution < -0.4 is 10.1 Å². The highest BCUT2D eigenvalue weighted by Crippen LogP contribution is 2.21. The van der Waals surface area contributed by atoms with E-state index in [-0.39, 0.29) is 30.2 Å². The summed E-state index contributed by atoms with van der Waals surface area (Å²) in [7, 11) is -3.60. The second kappa shape index (κ2) is 10.6. The number of rotatable bonds is 9. The number of carbonyl (C=O) groups is 2. The Morgan fingerprint density at radius 1 is 1.06 bits per heavy atom. The first-order valence-electron chi connectivity index (χ1n) is 9.79. The van der Waals surface area contributed by atoms with Gasteiger partial charge in [0.15, 0.2) is 6.61 Å². The molecule has 1 amide bonds. The topological polar surface area (TPSA) is 102 Å². The van der Waals surface area contributed by atoms with E-state index in [1.165, 1.54) is 28.6 Å². The lowest BCUT2D eigenvalue weighted by atomic mass is 10.2. The van der Waals surface area contributed by atoms with Crippen molar-refractivity contribution in [2.24, 2.45) is 0 Å². The Hall–Kier alpha value is -2.62. The monoisotopic (exact) mass is 466 g/mol. The third kappa shape index (κ3) is 6.43. The molecule has 1 saturated heterocycles. The minimum atomic E-state index is -3.60. The van der Waals surface area contributed by atoms with E-state index in [4.69, 9.17) is 21.1 Å². The highest BCUT2D eigenvalue weighted by molar-refractivity contribution is 7.89. The van der Waals surface area contributed by atoms with Gasteiger partial charge in [-0.1, -0.05) is 17.7 Å². The number of benzene rings is 2. The minimum Gasteiger partial charge on any atom is -0.482 e. The largest absolute Gasteiger partial charge is 0.482 e. The lowest BCUT2D eigenvalue weighted by molar-refractivity contribution is -0.145. The molecular weight excluding hydrogens is 444 g/mol. The molecule has 0 saturated carbocycles. The van der Waals surface area contributed by atoms with E-state index >= 15 is 0 Å². The molecule has 2 aromatic carbocycles. The van der Waals surface area contributed by atoms with Crippen LogP contribution in [0.4, 0.5) is 0 Å². The SMILES string of the molecule is O=C(COc1ccc(Cl)cc1)OCCNC(=O)c1cccc(S(=O)(=O)N2CCCC2)c1. The minimum absolute atomic E-state index is 0.0414. The van der Waals surface area contributed by atoms with Gasteiger partial charge in [-0.2, -0.15) is 4.31 Å². The summed E-state index contributed by atoms with van der Waals surface area (Å²) in [5, 5.41) is 3.16. The van der Waals surface area contributed by atoms with Gasteiger partial charge in [-0.3, -0.25) is 4.79 Å². The number of amides is 1. The molecule has 0 radical (unpaired) electrons. The standard InChI is InChI=1S/C21H23ClN2O6S/c22-17-6-8-18(9-7-17)30-15-20(25)29-13-10-23-21(26)16-4-3-5-19(14-16)31(27,28)24-11-1-2-12-24/h3-9,14H,1-2,10-13,15H2,(H,23,26). The molecule has 1 heterocycles. The van der Waals surface area contributed by atoms with E-state index in [9.17, 15) is 18.0 Å². The third-order valence-corrected chi connectivity index (χ3v) is 6.77. The van der Waals surface area contributed by atoms with Crippen molar-refractivity contribution in [2.45, 2.75) is 17.7 Å². The van der Waals surface area contributed by atoms with Crippen LogP contribution in [-0.2, 0) is 19.6 Å². The molecule has 0 spiro atoms. The summed E-state index contributed by atoms with van der Waals surface area (Å²) < 4.78 is 37.0. The fourth-order valence-corrected chi connectivity index (χ4v) is 4.71. The van der Waals surface area contributed by atoms with Crippen LogP contribution >= 0.6 is 11.6 Å². The zero-order chi connectivity index (χ0) is 22.3. The zero-order valence-electron chi connectivity index (χ0n) is 16.8. The van der Waals surface area contributed by atoms with Crippen molar-refractivity contribution < 1.29 is 27.5 Å². The predicted octanol–water partition coefficient (Wildman–Crippen LogP) is 2.48. The Labute approximate surface area is 186 Å². The van der Waals surface area contributed by atoms with E-state index in [1.807, 2.05) is 0 Å². The van der Waals surface area contributed by atoms with Crippen LogP contribution in [0.15, 0.2) is 53.4 Å². The molecule has 31 heavy (non-hydrogen) atoms. The van der Waals surface area contributed by atoms with Crippen molar-refractivity contribution in [1.29, 1.82) is 0 Å². The molecule has 0 aromatic heterocycles. The fourth-order valence-electron chi connectivity index (χ4n) is 3.02. The Balaban J connectivity index is 1.43. The van der Waals surface area contributed by atoms with Gasteiger partial charge in [-0.25, -0.2) is 13.2 Å². The average molecular weight is 467 g/mol. The van der Waals surface area contributed by atoms with E-state index in [2.05, 4.69) is 5.32 Å². The molecule has 1 fully saturated rings. The molecule has 0 aliphatic carbocycles. The van der Waals surface area contributed by atoms with Crippen LogP contribution in [0.5, 0.6) is 5.75 Å². The molecule has 1 aliphatic rings. The first kappa shape index (κ1) is 23.1. The molecule has 2 aromatic rings. The van der Waals surface area contributed by atoms with Crippen molar-refractivity contribution in [3.63, 3.8) is 0 Å². The third-order valence-electron chi connectivity index (χ3n) is 4.62. The van der Waals surface area contributed by atoms with E-state index in [0.29, 0.717) is 23.9 Å². The number of ether oxygens (including phenoxy) is 2. The second-order valence-electron chi connectivity index (χ2n) is 6.86. The van der Waals surface area contributed by atoms with E-state index in [0.717, 1.165) is 12.8 Å². The molecule has 0 unspecified atom stereocenters. The van der Waals surface area contributed by atoms with Crippen LogP contribution in [0, 0.1) is 0 Å². The summed E-state index contributed by atoms with van der Waals surface area (Å²) in [6, 6.07) is 12.5.